The van der Waals surface area contributed by atoms with Gasteiger partial charge >= 0.3 is 0 Å². The summed E-state index contributed by atoms with van der Waals surface area (Å²) < 4.78 is 5.66. The molecule has 0 aromatic heterocycles. The van der Waals surface area contributed by atoms with E-state index in [1.165, 1.54) is 0 Å². The van der Waals surface area contributed by atoms with E-state index >= 15 is 0 Å². The van der Waals surface area contributed by atoms with Crippen molar-refractivity contribution in [2.45, 2.75) is 37.8 Å². The minimum absolute atomic E-state index is 0.0652. The summed E-state index contributed by atoms with van der Waals surface area (Å²) in [5, 5.41) is 5.87. The predicted molar refractivity (Wildman–Crippen MR) is 70.6 cm³/mol. The van der Waals surface area contributed by atoms with E-state index in [1.54, 1.807) is 11.9 Å². The molecule has 2 fully saturated rings. The number of hydrogen-bond donors (Lipinski definition) is 2. The lowest BCUT2D eigenvalue weighted by Gasteiger charge is -2.26. The molecule has 2 rings (SSSR count). The van der Waals surface area contributed by atoms with E-state index in [1.807, 2.05) is 0 Å². The van der Waals surface area contributed by atoms with Crippen LogP contribution in [0.4, 0.5) is 0 Å². The van der Waals surface area contributed by atoms with Gasteiger partial charge in [-0.3, -0.25) is 9.59 Å². The third-order valence-electron chi connectivity index (χ3n) is 3.85. The molecule has 0 aromatic rings. The predicted octanol–water partition coefficient (Wildman–Crippen LogP) is -0.508. The Hall–Kier alpha value is -1.14. The number of hydrogen-bond acceptors (Lipinski definition) is 4. The van der Waals surface area contributed by atoms with Gasteiger partial charge in [-0.05, 0) is 38.8 Å². The number of amides is 2. The molecule has 2 heterocycles. The van der Waals surface area contributed by atoms with Crippen molar-refractivity contribution in [3.05, 3.63) is 0 Å². The van der Waals surface area contributed by atoms with Gasteiger partial charge in [-0.25, -0.2) is 0 Å². The van der Waals surface area contributed by atoms with Gasteiger partial charge in [0.15, 0.2) is 0 Å². The molecule has 0 saturated carbocycles. The van der Waals surface area contributed by atoms with Crippen LogP contribution in [0.3, 0.4) is 0 Å². The lowest BCUT2D eigenvalue weighted by molar-refractivity contribution is -0.143. The second kappa shape index (κ2) is 6.86. The van der Waals surface area contributed by atoms with Gasteiger partial charge in [0.05, 0.1) is 6.10 Å². The highest BCUT2D eigenvalue weighted by Crippen LogP contribution is 2.18. The van der Waals surface area contributed by atoms with Crippen molar-refractivity contribution >= 4 is 11.8 Å². The van der Waals surface area contributed by atoms with E-state index < -0.39 is 0 Å². The van der Waals surface area contributed by atoms with Gasteiger partial charge in [0.2, 0.25) is 11.8 Å². The van der Waals surface area contributed by atoms with Crippen molar-refractivity contribution in [2.75, 3.05) is 33.3 Å². The van der Waals surface area contributed by atoms with E-state index in [-0.39, 0.29) is 30.6 Å². The first kappa shape index (κ1) is 14.3. The Kier molecular flexibility index (Phi) is 5.15. The molecule has 2 saturated heterocycles. The van der Waals surface area contributed by atoms with Crippen LogP contribution >= 0.6 is 0 Å². The Bertz CT molecular complexity index is 329. The highest BCUT2D eigenvalue weighted by atomic mass is 16.5. The lowest BCUT2D eigenvalue weighted by atomic mass is 10.1. The summed E-state index contributed by atoms with van der Waals surface area (Å²) in [7, 11) is 1.61. The van der Waals surface area contributed by atoms with E-state index in [9.17, 15) is 9.59 Å². The van der Waals surface area contributed by atoms with E-state index in [4.69, 9.17) is 4.74 Å². The fourth-order valence-electron chi connectivity index (χ4n) is 2.74. The van der Waals surface area contributed by atoms with Crippen molar-refractivity contribution in [1.82, 2.24) is 15.5 Å². The van der Waals surface area contributed by atoms with Gasteiger partial charge in [-0.15, -0.1) is 0 Å². The highest BCUT2D eigenvalue weighted by molar-refractivity contribution is 5.88. The maximum absolute atomic E-state index is 12.1. The average Bonchev–Trinajstić information content (AvgIpc) is 2.94. The molecule has 2 amide bonds. The van der Waals surface area contributed by atoms with Crippen molar-refractivity contribution in [2.24, 2.45) is 0 Å². The number of rotatable bonds is 4. The fraction of sp³-hybridized carbons (Fsp3) is 0.846. The summed E-state index contributed by atoms with van der Waals surface area (Å²) in [5.74, 6) is -0.141. The van der Waals surface area contributed by atoms with Gasteiger partial charge in [0, 0.05) is 13.6 Å². The third kappa shape index (κ3) is 3.67. The normalized spacial score (nSPS) is 24.5. The summed E-state index contributed by atoms with van der Waals surface area (Å²) in [5.41, 5.74) is 0. The van der Waals surface area contributed by atoms with Gasteiger partial charge < -0.3 is 20.3 Å². The molecule has 2 aliphatic rings. The minimum atomic E-state index is -0.311. The zero-order valence-corrected chi connectivity index (χ0v) is 11.5. The van der Waals surface area contributed by atoms with E-state index in [0.717, 1.165) is 38.8 Å². The molecule has 6 nitrogen and oxygen atoms in total. The number of nitrogens with one attached hydrogen (secondary N) is 2. The van der Waals surface area contributed by atoms with Crippen LogP contribution in [0, 0.1) is 0 Å². The standard InChI is InChI=1S/C13H23N3O3/c1-14-13(18)11-3-2-8-16(11)12(17)9-19-10-4-6-15-7-5-10/h10-11,15H,2-9H2,1H3,(H,14,18). The quantitative estimate of drug-likeness (QED) is 0.721. The molecule has 1 atom stereocenters. The number of likely N-dealkylation sites (tertiary alicyclic amines) is 1. The Morgan fingerprint density at radius 3 is 2.74 bits per heavy atom. The number of likely N-dealkylation sites (N-methyl/N-ethyl adjacent to an activating group) is 1. The van der Waals surface area contributed by atoms with Crippen LogP contribution in [0.1, 0.15) is 25.7 Å². The SMILES string of the molecule is CNC(=O)C1CCCN1C(=O)COC1CCNCC1. The van der Waals surface area contributed by atoms with Gasteiger partial charge in [-0.1, -0.05) is 0 Å². The Labute approximate surface area is 113 Å². The van der Waals surface area contributed by atoms with E-state index in [2.05, 4.69) is 10.6 Å². The first-order chi connectivity index (χ1) is 9.22. The molecular weight excluding hydrogens is 246 g/mol. The highest BCUT2D eigenvalue weighted by Gasteiger charge is 2.33. The molecule has 0 bridgehead atoms. The first-order valence-corrected chi connectivity index (χ1v) is 7.05. The first-order valence-electron chi connectivity index (χ1n) is 7.05. The lowest BCUT2D eigenvalue weighted by Crippen LogP contribution is -2.46. The maximum Gasteiger partial charge on any atom is 0.249 e. The minimum Gasteiger partial charge on any atom is -0.368 e. The maximum atomic E-state index is 12.1. The number of carbonyl (C=O) groups is 2. The molecule has 0 spiro atoms. The third-order valence-corrected chi connectivity index (χ3v) is 3.85. The molecule has 108 valence electrons. The van der Waals surface area contributed by atoms with Crippen LogP contribution in [0.15, 0.2) is 0 Å². The van der Waals surface area contributed by atoms with Crippen molar-refractivity contribution in [3.8, 4) is 0 Å². The summed E-state index contributed by atoms with van der Waals surface area (Å²) >= 11 is 0. The molecule has 6 heteroatoms. The zero-order chi connectivity index (χ0) is 13.7. The fourth-order valence-corrected chi connectivity index (χ4v) is 2.74. The van der Waals surface area contributed by atoms with Crippen LogP contribution in [0.2, 0.25) is 0 Å². The number of nitrogens with zero attached hydrogens (tertiary/aromatic N) is 1. The van der Waals surface area contributed by atoms with Crippen molar-refractivity contribution in [3.63, 3.8) is 0 Å². The van der Waals surface area contributed by atoms with E-state index in [0.29, 0.717) is 6.54 Å². The van der Waals surface area contributed by atoms with Gasteiger partial charge in [-0.2, -0.15) is 0 Å². The van der Waals surface area contributed by atoms with Crippen molar-refractivity contribution in [1.29, 1.82) is 0 Å². The van der Waals surface area contributed by atoms with Crippen LogP contribution < -0.4 is 10.6 Å². The average molecular weight is 269 g/mol. The summed E-state index contributed by atoms with van der Waals surface area (Å²) in [4.78, 5) is 25.5. The van der Waals surface area contributed by atoms with Gasteiger partial charge in [0.1, 0.15) is 12.6 Å². The summed E-state index contributed by atoms with van der Waals surface area (Å²) in [6.07, 6.45) is 3.71. The second-order valence-electron chi connectivity index (χ2n) is 5.12. The molecular formula is C13H23N3O3. The number of piperidine rings is 1. The molecule has 2 N–H and O–H groups in total. The second-order valence-corrected chi connectivity index (χ2v) is 5.12. The summed E-state index contributed by atoms with van der Waals surface area (Å²) in [6.45, 7) is 2.65. The van der Waals surface area contributed by atoms with Crippen LogP contribution in [-0.2, 0) is 14.3 Å². The Morgan fingerprint density at radius 1 is 1.32 bits per heavy atom. The Morgan fingerprint density at radius 2 is 2.05 bits per heavy atom. The monoisotopic (exact) mass is 269 g/mol. The topological polar surface area (TPSA) is 70.7 Å². The summed E-state index contributed by atoms with van der Waals surface area (Å²) in [6, 6.07) is -0.311. The zero-order valence-electron chi connectivity index (χ0n) is 11.5. The van der Waals surface area contributed by atoms with Crippen molar-refractivity contribution < 1.29 is 14.3 Å². The molecule has 0 aliphatic carbocycles. The largest absolute Gasteiger partial charge is 0.368 e. The van der Waals surface area contributed by atoms with Gasteiger partial charge in [0.25, 0.3) is 0 Å². The number of ether oxygens (including phenoxy) is 1. The van der Waals surface area contributed by atoms with Crippen LogP contribution in [0.5, 0.6) is 0 Å². The molecule has 19 heavy (non-hydrogen) atoms. The molecule has 1 unspecified atom stereocenters. The molecule has 2 aliphatic heterocycles. The van der Waals surface area contributed by atoms with Crippen LogP contribution in [-0.4, -0.2) is 62.1 Å². The Balaban J connectivity index is 1.79. The number of carbonyl (C=O) groups excluding carboxylic acids is 2. The molecule has 0 aromatic carbocycles. The molecule has 0 radical (unpaired) electrons. The van der Waals surface area contributed by atoms with Crippen LogP contribution in [0.25, 0.3) is 0 Å². The smallest absolute Gasteiger partial charge is 0.249 e.